The summed E-state index contributed by atoms with van der Waals surface area (Å²) in [5.74, 6) is 1.34. The first-order valence-corrected chi connectivity index (χ1v) is 9.39. The number of para-hydroxylation sites is 2. The highest BCUT2D eigenvalue weighted by atomic mass is 32.2. The summed E-state index contributed by atoms with van der Waals surface area (Å²) in [6.07, 6.45) is 0. The minimum atomic E-state index is -0.0969. The van der Waals surface area contributed by atoms with E-state index < -0.39 is 0 Å². The van der Waals surface area contributed by atoms with E-state index in [0.717, 1.165) is 11.3 Å². The van der Waals surface area contributed by atoms with E-state index in [4.69, 9.17) is 4.74 Å². The van der Waals surface area contributed by atoms with Crippen molar-refractivity contribution in [3.05, 3.63) is 59.8 Å². The zero-order valence-electron chi connectivity index (χ0n) is 14.5. The van der Waals surface area contributed by atoms with Crippen molar-refractivity contribution < 1.29 is 9.53 Å². The summed E-state index contributed by atoms with van der Waals surface area (Å²) in [5, 5.41) is 4.21. The molecule has 1 aromatic heterocycles. The van der Waals surface area contributed by atoms with Crippen LogP contribution in [0.25, 0.3) is 10.9 Å². The van der Waals surface area contributed by atoms with Gasteiger partial charge in [-0.05, 0) is 32.0 Å². The molecule has 130 valence electrons. The lowest BCUT2D eigenvalue weighted by Crippen LogP contribution is -2.26. The van der Waals surface area contributed by atoms with E-state index in [0.29, 0.717) is 24.5 Å². The van der Waals surface area contributed by atoms with Crippen molar-refractivity contribution >= 4 is 28.6 Å². The fourth-order valence-corrected chi connectivity index (χ4v) is 3.79. The third-order valence-corrected chi connectivity index (χ3v) is 5.12. The van der Waals surface area contributed by atoms with Crippen molar-refractivity contribution in [1.82, 2.24) is 10.3 Å². The second kappa shape index (κ2) is 8.12. The number of benzene rings is 2. The number of amides is 1. The van der Waals surface area contributed by atoms with Crippen LogP contribution in [0.4, 0.5) is 0 Å². The van der Waals surface area contributed by atoms with Crippen molar-refractivity contribution in [2.24, 2.45) is 0 Å². The summed E-state index contributed by atoms with van der Waals surface area (Å²) in [6.45, 7) is 5.14. The highest BCUT2D eigenvalue weighted by Gasteiger charge is 2.12. The van der Waals surface area contributed by atoms with E-state index in [9.17, 15) is 4.79 Å². The minimum absolute atomic E-state index is 0.0969. The van der Waals surface area contributed by atoms with Gasteiger partial charge >= 0.3 is 0 Å². The van der Waals surface area contributed by atoms with Crippen LogP contribution in [0.3, 0.4) is 0 Å². The Morgan fingerprint density at radius 2 is 1.92 bits per heavy atom. The van der Waals surface area contributed by atoms with E-state index in [2.05, 4.69) is 29.4 Å². The zero-order chi connectivity index (χ0) is 17.6. The van der Waals surface area contributed by atoms with Gasteiger partial charge in [-0.25, -0.2) is 0 Å². The van der Waals surface area contributed by atoms with Gasteiger partial charge < -0.3 is 15.0 Å². The molecule has 0 saturated heterocycles. The van der Waals surface area contributed by atoms with Gasteiger partial charge in [0.2, 0.25) is 0 Å². The van der Waals surface area contributed by atoms with E-state index in [1.807, 2.05) is 37.3 Å². The molecular weight excluding hydrogens is 332 g/mol. The number of aromatic nitrogens is 1. The zero-order valence-corrected chi connectivity index (χ0v) is 15.3. The van der Waals surface area contributed by atoms with E-state index in [1.165, 1.54) is 16.0 Å². The second-order valence-corrected chi connectivity index (χ2v) is 6.76. The standard InChI is InChI=1S/C20H22N2O2S/c1-3-24-18-11-7-5-9-16(18)20(23)21-12-13-25-19-14(2)22-17-10-6-4-8-15(17)19/h4-11,22H,3,12-13H2,1-2H3,(H,21,23). The van der Waals surface area contributed by atoms with Crippen molar-refractivity contribution in [3.63, 3.8) is 0 Å². The molecule has 0 fully saturated rings. The molecule has 0 aliphatic rings. The van der Waals surface area contributed by atoms with Crippen molar-refractivity contribution in [2.75, 3.05) is 18.9 Å². The molecule has 2 N–H and O–H groups in total. The van der Waals surface area contributed by atoms with Crippen LogP contribution in [-0.2, 0) is 0 Å². The lowest BCUT2D eigenvalue weighted by molar-refractivity contribution is 0.0952. The number of carbonyl (C=O) groups excluding carboxylic acids is 1. The highest BCUT2D eigenvalue weighted by Crippen LogP contribution is 2.30. The Balaban J connectivity index is 1.58. The Bertz CT molecular complexity index is 873. The van der Waals surface area contributed by atoms with Crippen LogP contribution in [-0.4, -0.2) is 29.8 Å². The van der Waals surface area contributed by atoms with Crippen LogP contribution in [0.15, 0.2) is 53.4 Å². The molecule has 0 radical (unpaired) electrons. The van der Waals surface area contributed by atoms with Crippen LogP contribution in [0, 0.1) is 6.92 Å². The Labute approximate surface area is 152 Å². The number of hydrogen-bond donors (Lipinski definition) is 2. The molecule has 0 saturated carbocycles. The normalized spacial score (nSPS) is 10.8. The van der Waals surface area contributed by atoms with Crippen LogP contribution in [0.2, 0.25) is 0 Å². The SMILES string of the molecule is CCOc1ccccc1C(=O)NCCSc1c(C)[nH]c2ccccc12. The molecule has 0 spiro atoms. The molecule has 3 rings (SSSR count). The molecule has 4 nitrogen and oxygen atoms in total. The molecule has 0 bridgehead atoms. The molecular formula is C20H22N2O2S. The fraction of sp³-hybridized carbons (Fsp3) is 0.250. The highest BCUT2D eigenvalue weighted by molar-refractivity contribution is 7.99. The van der Waals surface area contributed by atoms with Gasteiger partial charge in [0, 0.05) is 33.8 Å². The molecule has 0 atom stereocenters. The third-order valence-electron chi connectivity index (χ3n) is 3.90. The summed E-state index contributed by atoms with van der Waals surface area (Å²) in [7, 11) is 0. The molecule has 5 heteroatoms. The number of fused-ring (bicyclic) bond motifs is 1. The molecule has 25 heavy (non-hydrogen) atoms. The number of rotatable bonds is 7. The number of H-pyrrole nitrogens is 1. The van der Waals surface area contributed by atoms with Crippen molar-refractivity contribution in [2.45, 2.75) is 18.7 Å². The number of hydrogen-bond acceptors (Lipinski definition) is 3. The van der Waals surface area contributed by atoms with Gasteiger partial charge in [0.15, 0.2) is 0 Å². The van der Waals surface area contributed by atoms with Gasteiger partial charge in [-0.15, -0.1) is 11.8 Å². The first-order valence-electron chi connectivity index (χ1n) is 8.41. The third kappa shape index (κ3) is 3.99. The summed E-state index contributed by atoms with van der Waals surface area (Å²) >= 11 is 1.76. The van der Waals surface area contributed by atoms with E-state index in [1.54, 1.807) is 17.8 Å². The molecule has 3 aromatic rings. The maximum atomic E-state index is 12.4. The average molecular weight is 354 g/mol. The first-order chi connectivity index (χ1) is 12.2. The Hall–Kier alpha value is -2.40. The van der Waals surface area contributed by atoms with Crippen LogP contribution < -0.4 is 10.1 Å². The number of aromatic amines is 1. The minimum Gasteiger partial charge on any atom is -0.493 e. The number of carbonyl (C=O) groups is 1. The van der Waals surface area contributed by atoms with Crippen LogP contribution in [0.5, 0.6) is 5.75 Å². The monoisotopic (exact) mass is 354 g/mol. The molecule has 1 amide bonds. The summed E-state index contributed by atoms with van der Waals surface area (Å²) in [6, 6.07) is 15.6. The van der Waals surface area contributed by atoms with Gasteiger partial charge in [0.1, 0.15) is 5.75 Å². The quantitative estimate of drug-likeness (QED) is 0.488. The Morgan fingerprint density at radius 3 is 2.76 bits per heavy atom. The number of ether oxygens (including phenoxy) is 1. The predicted octanol–water partition coefficient (Wildman–Crippen LogP) is 4.40. The van der Waals surface area contributed by atoms with E-state index in [-0.39, 0.29) is 5.91 Å². The second-order valence-electron chi connectivity index (χ2n) is 5.66. The number of thioether (sulfide) groups is 1. The molecule has 0 unspecified atom stereocenters. The van der Waals surface area contributed by atoms with E-state index >= 15 is 0 Å². The van der Waals surface area contributed by atoms with Gasteiger partial charge in [0.25, 0.3) is 5.91 Å². The fourth-order valence-electron chi connectivity index (χ4n) is 2.79. The summed E-state index contributed by atoms with van der Waals surface area (Å²) in [4.78, 5) is 17.0. The lowest BCUT2D eigenvalue weighted by atomic mass is 10.2. The average Bonchev–Trinajstić information content (AvgIpc) is 2.94. The molecule has 0 aliphatic carbocycles. The van der Waals surface area contributed by atoms with Gasteiger partial charge in [-0.2, -0.15) is 0 Å². The summed E-state index contributed by atoms with van der Waals surface area (Å²) < 4.78 is 5.52. The smallest absolute Gasteiger partial charge is 0.255 e. The van der Waals surface area contributed by atoms with Gasteiger partial charge in [0.05, 0.1) is 12.2 Å². The molecule has 1 heterocycles. The van der Waals surface area contributed by atoms with Gasteiger partial charge in [-0.3, -0.25) is 4.79 Å². The topological polar surface area (TPSA) is 54.1 Å². The largest absolute Gasteiger partial charge is 0.493 e. The molecule has 0 aliphatic heterocycles. The number of nitrogens with one attached hydrogen (secondary N) is 2. The van der Waals surface area contributed by atoms with Crippen molar-refractivity contribution in [3.8, 4) is 5.75 Å². The maximum Gasteiger partial charge on any atom is 0.255 e. The lowest BCUT2D eigenvalue weighted by Gasteiger charge is -2.10. The van der Waals surface area contributed by atoms with Crippen molar-refractivity contribution in [1.29, 1.82) is 0 Å². The van der Waals surface area contributed by atoms with Gasteiger partial charge in [-0.1, -0.05) is 30.3 Å². The molecule has 2 aromatic carbocycles. The Morgan fingerprint density at radius 1 is 1.16 bits per heavy atom. The summed E-state index contributed by atoms with van der Waals surface area (Å²) in [5.41, 5.74) is 2.90. The number of aryl methyl sites for hydroxylation is 1. The van der Waals surface area contributed by atoms with Crippen LogP contribution in [0.1, 0.15) is 23.0 Å². The Kier molecular flexibility index (Phi) is 5.66. The maximum absolute atomic E-state index is 12.4. The van der Waals surface area contributed by atoms with Crippen LogP contribution >= 0.6 is 11.8 Å². The first kappa shape index (κ1) is 17.4. The predicted molar refractivity (Wildman–Crippen MR) is 104 cm³/mol.